The first-order valence-electron chi connectivity index (χ1n) is 9.00. The quantitative estimate of drug-likeness (QED) is 0.176. The molecule has 0 aliphatic rings. The van der Waals surface area contributed by atoms with Crippen LogP contribution >= 0.6 is 0 Å². The summed E-state index contributed by atoms with van der Waals surface area (Å²) in [4.78, 5) is 10.1. The minimum absolute atomic E-state index is 0.748. The number of aldehydes is 1. The number of allylic oxidation sites excluding steroid dienone is 2. The lowest BCUT2D eigenvalue weighted by atomic mass is 10.1. The Labute approximate surface area is 127 Å². The standard InChI is InChI=1S/C19H36O/c1-2-3-4-5-6-7-8-9-10-11-12-13-14-15-16-17-18-19-20/h10-11,19H,2-9,12-18H2,1H3. The van der Waals surface area contributed by atoms with Gasteiger partial charge in [0.25, 0.3) is 0 Å². The van der Waals surface area contributed by atoms with Crippen LogP contribution in [-0.2, 0) is 4.79 Å². The van der Waals surface area contributed by atoms with Gasteiger partial charge in [-0.15, -0.1) is 0 Å². The Morgan fingerprint density at radius 3 is 1.40 bits per heavy atom. The van der Waals surface area contributed by atoms with E-state index in [1.165, 1.54) is 83.5 Å². The molecular weight excluding hydrogens is 244 g/mol. The molecule has 0 atom stereocenters. The molecule has 118 valence electrons. The Kier molecular flexibility index (Phi) is 17.9. The van der Waals surface area contributed by atoms with E-state index in [1.807, 2.05) is 0 Å². The highest BCUT2D eigenvalue weighted by atomic mass is 16.1. The average molecular weight is 280 g/mol. The zero-order valence-corrected chi connectivity index (χ0v) is 13.7. The topological polar surface area (TPSA) is 17.1 Å². The Morgan fingerprint density at radius 1 is 0.550 bits per heavy atom. The number of rotatable bonds is 16. The number of unbranched alkanes of at least 4 members (excludes halogenated alkanes) is 13. The third kappa shape index (κ3) is 17.4. The zero-order valence-electron chi connectivity index (χ0n) is 13.7. The summed E-state index contributed by atoms with van der Waals surface area (Å²) in [6.45, 7) is 2.27. The van der Waals surface area contributed by atoms with E-state index in [2.05, 4.69) is 19.1 Å². The van der Waals surface area contributed by atoms with Crippen molar-refractivity contribution in [2.75, 3.05) is 0 Å². The molecule has 0 rings (SSSR count). The molecule has 0 spiro atoms. The fraction of sp³-hybridized carbons (Fsp3) is 0.842. The normalized spacial score (nSPS) is 11.2. The van der Waals surface area contributed by atoms with Gasteiger partial charge in [0, 0.05) is 6.42 Å². The van der Waals surface area contributed by atoms with Crippen LogP contribution < -0.4 is 0 Å². The fourth-order valence-electron chi connectivity index (χ4n) is 2.48. The van der Waals surface area contributed by atoms with Gasteiger partial charge in [0.2, 0.25) is 0 Å². The summed E-state index contributed by atoms with van der Waals surface area (Å²) in [6.07, 6.45) is 25.1. The van der Waals surface area contributed by atoms with E-state index in [0.717, 1.165) is 19.1 Å². The largest absolute Gasteiger partial charge is 0.303 e. The molecule has 0 saturated heterocycles. The molecule has 0 aliphatic heterocycles. The minimum atomic E-state index is 0.748. The van der Waals surface area contributed by atoms with Crippen LogP contribution in [0, 0.1) is 0 Å². The predicted molar refractivity (Wildman–Crippen MR) is 90.1 cm³/mol. The molecular formula is C19H36O. The third-order valence-corrected chi connectivity index (χ3v) is 3.83. The highest BCUT2D eigenvalue weighted by molar-refractivity contribution is 5.48. The minimum Gasteiger partial charge on any atom is -0.303 e. The van der Waals surface area contributed by atoms with Gasteiger partial charge in [-0.25, -0.2) is 0 Å². The van der Waals surface area contributed by atoms with Crippen LogP contribution in [0.4, 0.5) is 0 Å². The SMILES string of the molecule is CCCCCCCCCC=CCCCCCCCC=O. The summed E-state index contributed by atoms with van der Waals surface area (Å²) < 4.78 is 0. The first kappa shape index (κ1) is 19.4. The number of hydrogen-bond donors (Lipinski definition) is 0. The molecule has 0 saturated carbocycles. The maximum Gasteiger partial charge on any atom is 0.119 e. The molecule has 0 heterocycles. The Hall–Kier alpha value is -0.590. The van der Waals surface area contributed by atoms with Crippen molar-refractivity contribution in [1.29, 1.82) is 0 Å². The van der Waals surface area contributed by atoms with Crippen molar-refractivity contribution in [2.45, 2.75) is 103 Å². The highest BCUT2D eigenvalue weighted by Gasteiger charge is 1.90. The van der Waals surface area contributed by atoms with Crippen molar-refractivity contribution in [2.24, 2.45) is 0 Å². The molecule has 1 heteroatoms. The molecule has 0 aromatic heterocycles. The Balaban J connectivity index is 3.03. The maximum absolute atomic E-state index is 10.1. The second-order valence-corrected chi connectivity index (χ2v) is 5.89. The van der Waals surface area contributed by atoms with Gasteiger partial charge in [0.15, 0.2) is 0 Å². The van der Waals surface area contributed by atoms with Crippen molar-refractivity contribution in [1.82, 2.24) is 0 Å². The molecule has 0 aromatic rings. The summed E-state index contributed by atoms with van der Waals surface area (Å²) in [7, 11) is 0. The van der Waals surface area contributed by atoms with E-state index in [0.29, 0.717) is 0 Å². The predicted octanol–water partition coefficient (Wildman–Crippen LogP) is 6.61. The number of carbonyl (C=O) groups excluding carboxylic acids is 1. The maximum atomic E-state index is 10.1. The number of carbonyl (C=O) groups is 1. The van der Waals surface area contributed by atoms with Crippen LogP contribution in [0.1, 0.15) is 103 Å². The van der Waals surface area contributed by atoms with Crippen LogP contribution in [0.3, 0.4) is 0 Å². The lowest BCUT2D eigenvalue weighted by Crippen LogP contribution is -1.80. The number of hydrogen-bond acceptors (Lipinski definition) is 1. The van der Waals surface area contributed by atoms with Crippen molar-refractivity contribution in [3.8, 4) is 0 Å². The van der Waals surface area contributed by atoms with E-state index in [-0.39, 0.29) is 0 Å². The van der Waals surface area contributed by atoms with Crippen molar-refractivity contribution >= 4 is 6.29 Å². The van der Waals surface area contributed by atoms with Crippen LogP contribution in [0.2, 0.25) is 0 Å². The molecule has 0 bridgehead atoms. The Bertz CT molecular complexity index is 208. The smallest absolute Gasteiger partial charge is 0.119 e. The lowest BCUT2D eigenvalue weighted by molar-refractivity contribution is -0.107. The van der Waals surface area contributed by atoms with Gasteiger partial charge < -0.3 is 4.79 Å². The van der Waals surface area contributed by atoms with Crippen LogP contribution in [0.25, 0.3) is 0 Å². The lowest BCUT2D eigenvalue weighted by Gasteiger charge is -1.99. The summed E-state index contributed by atoms with van der Waals surface area (Å²) in [5, 5.41) is 0. The summed E-state index contributed by atoms with van der Waals surface area (Å²) in [5.74, 6) is 0. The van der Waals surface area contributed by atoms with E-state index in [1.54, 1.807) is 0 Å². The molecule has 20 heavy (non-hydrogen) atoms. The molecule has 0 aromatic carbocycles. The van der Waals surface area contributed by atoms with Crippen LogP contribution in [0.5, 0.6) is 0 Å². The van der Waals surface area contributed by atoms with E-state index >= 15 is 0 Å². The first-order valence-corrected chi connectivity index (χ1v) is 9.00. The molecule has 0 N–H and O–H groups in total. The molecule has 0 fully saturated rings. The molecule has 0 amide bonds. The second-order valence-electron chi connectivity index (χ2n) is 5.89. The zero-order chi connectivity index (χ0) is 14.7. The highest BCUT2D eigenvalue weighted by Crippen LogP contribution is 2.10. The fourth-order valence-corrected chi connectivity index (χ4v) is 2.48. The summed E-state index contributed by atoms with van der Waals surface area (Å²) in [5.41, 5.74) is 0. The van der Waals surface area contributed by atoms with Gasteiger partial charge in [-0.3, -0.25) is 0 Å². The second kappa shape index (κ2) is 18.4. The van der Waals surface area contributed by atoms with Gasteiger partial charge >= 0.3 is 0 Å². The van der Waals surface area contributed by atoms with Crippen molar-refractivity contribution in [3.05, 3.63) is 12.2 Å². The molecule has 1 nitrogen and oxygen atoms in total. The van der Waals surface area contributed by atoms with E-state index in [4.69, 9.17) is 0 Å². The molecule has 0 aliphatic carbocycles. The van der Waals surface area contributed by atoms with Gasteiger partial charge in [0.05, 0.1) is 0 Å². The molecule has 0 unspecified atom stereocenters. The molecule has 0 radical (unpaired) electrons. The van der Waals surface area contributed by atoms with Gasteiger partial charge in [-0.05, 0) is 32.1 Å². The monoisotopic (exact) mass is 280 g/mol. The summed E-state index contributed by atoms with van der Waals surface area (Å²) >= 11 is 0. The Morgan fingerprint density at radius 2 is 0.950 bits per heavy atom. The van der Waals surface area contributed by atoms with Crippen LogP contribution in [0.15, 0.2) is 12.2 Å². The van der Waals surface area contributed by atoms with E-state index < -0.39 is 0 Å². The van der Waals surface area contributed by atoms with E-state index in [9.17, 15) is 4.79 Å². The van der Waals surface area contributed by atoms with Gasteiger partial charge in [0.1, 0.15) is 6.29 Å². The van der Waals surface area contributed by atoms with Crippen molar-refractivity contribution < 1.29 is 4.79 Å². The first-order chi connectivity index (χ1) is 9.91. The van der Waals surface area contributed by atoms with Crippen LogP contribution in [-0.4, -0.2) is 6.29 Å². The van der Waals surface area contributed by atoms with Crippen molar-refractivity contribution in [3.63, 3.8) is 0 Å². The third-order valence-electron chi connectivity index (χ3n) is 3.83. The van der Waals surface area contributed by atoms with Gasteiger partial charge in [-0.2, -0.15) is 0 Å². The van der Waals surface area contributed by atoms with Gasteiger partial charge in [-0.1, -0.05) is 76.9 Å². The average Bonchev–Trinajstić information content (AvgIpc) is 2.47. The summed E-state index contributed by atoms with van der Waals surface area (Å²) in [6, 6.07) is 0.